The topological polar surface area (TPSA) is 20.2 Å². The summed E-state index contributed by atoms with van der Waals surface area (Å²) in [4.78, 5) is 0. The molecule has 0 aliphatic rings. The first-order valence-corrected chi connectivity index (χ1v) is 1.95. The number of rotatable bonds is 1. The molecule has 0 saturated heterocycles. The maximum absolute atomic E-state index is 8.36. The predicted molar refractivity (Wildman–Crippen MR) is 27.7 cm³/mol. The van der Waals surface area contributed by atoms with Crippen LogP contribution < -0.4 is 0 Å². The standard InChI is InChI=1S/C4H10O.Al/c1-3-4(2)5;/h4-5H,3H2,1-2H3;/q;+3. The van der Waals surface area contributed by atoms with Crippen LogP contribution in [0, 0.1) is 0 Å². The van der Waals surface area contributed by atoms with E-state index in [9.17, 15) is 0 Å². The van der Waals surface area contributed by atoms with Crippen molar-refractivity contribution in [3.8, 4) is 0 Å². The maximum Gasteiger partial charge on any atom is 3.00 e. The van der Waals surface area contributed by atoms with Crippen molar-refractivity contribution in [2.24, 2.45) is 0 Å². The summed E-state index contributed by atoms with van der Waals surface area (Å²) < 4.78 is 0. The Morgan fingerprint density at radius 2 is 1.83 bits per heavy atom. The van der Waals surface area contributed by atoms with Gasteiger partial charge in [0.25, 0.3) is 0 Å². The van der Waals surface area contributed by atoms with Crippen molar-refractivity contribution in [2.75, 3.05) is 0 Å². The SMILES string of the molecule is CCC(C)O.[Al+3]. The summed E-state index contributed by atoms with van der Waals surface area (Å²) >= 11 is 0. The largest absolute Gasteiger partial charge is 3.00 e. The van der Waals surface area contributed by atoms with Crippen LogP contribution in [0.2, 0.25) is 0 Å². The summed E-state index contributed by atoms with van der Waals surface area (Å²) in [5.74, 6) is 0. The molecule has 6 heavy (non-hydrogen) atoms. The summed E-state index contributed by atoms with van der Waals surface area (Å²) in [6.45, 7) is 3.73. The Morgan fingerprint density at radius 1 is 1.67 bits per heavy atom. The quantitative estimate of drug-likeness (QED) is 0.474. The monoisotopic (exact) mass is 101 g/mol. The summed E-state index contributed by atoms with van der Waals surface area (Å²) in [5, 5.41) is 8.36. The van der Waals surface area contributed by atoms with Gasteiger partial charge in [0.15, 0.2) is 0 Å². The van der Waals surface area contributed by atoms with Gasteiger partial charge in [0.2, 0.25) is 0 Å². The molecule has 0 fully saturated rings. The minimum atomic E-state index is -0.116. The van der Waals surface area contributed by atoms with E-state index in [2.05, 4.69) is 0 Å². The van der Waals surface area contributed by atoms with E-state index in [4.69, 9.17) is 5.11 Å². The second kappa shape index (κ2) is 5.49. The number of hydrogen-bond acceptors (Lipinski definition) is 1. The molecule has 1 nitrogen and oxygen atoms in total. The van der Waals surface area contributed by atoms with Crippen molar-refractivity contribution < 1.29 is 5.11 Å². The van der Waals surface area contributed by atoms with E-state index in [0.717, 1.165) is 6.42 Å². The third kappa shape index (κ3) is 8.82. The van der Waals surface area contributed by atoms with Crippen molar-refractivity contribution in [3.63, 3.8) is 0 Å². The molecular weight excluding hydrogens is 91.0 g/mol. The van der Waals surface area contributed by atoms with E-state index in [-0.39, 0.29) is 23.5 Å². The average molecular weight is 101 g/mol. The Balaban J connectivity index is 0. The van der Waals surface area contributed by atoms with Crippen LogP contribution in [-0.2, 0) is 0 Å². The Morgan fingerprint density at radius 3 is 1.83 bits per heavy atom. The van der Waals surface area contributed by atoms with Crippen molar-refractivity contribution in [3.05, 3.63) is 0 Å². The van der Waals surface area contributed by atoms with Crippen LogP contribution in [0.4, 0.5) is 0 Å². The molecule has 0 amide bonds. The molecule has 0 bridgehead atoms. The average Bonchev–Trinajstić information content (AvgIpc) is 1.38. The molecule has 0 aromatic carbocycles. The van der Waals surface area contributed by atoms with Gasteiger partial charge >= 0.3 is 17.4 Å². The fourth-order valence-corrected chi connectivity index (χ4v) is 0. The minimum absolute atomic E-state index is 0. The maximum atomic E-state index is 8.36. The molecule has 0 saturated carbocycles. The van der Waals surface area contributed by atoms with Gasteiger partial charge in [0.1, 0.15) is 0 Å². The molecule has 0 aliphatic carbocycles. The van der Waals surface area contributed by atoms with Gasteiger partial charge in [-0.15, -0.1) is 0 Å². The zero-order valence-corrected chi connectivity index (χ0v) is 5.46. The van der Waals surface area contributed by atoms with Gasteiger partial charge in [-0.05, 0) is 13.3 Å². The molecule has 1 N–H and O–H groups in total. The smallest absolute Gasteiger partial charge is 0.393 e. The third-order valence-electron chi connectivity index (χ3n) is 0.591. The second-order valence-electron chi connectivity index (χ2n) is 1.26. The van der Waals surface area contributed by atoms with Crippen molar-refractivity contribution in [2.45, 2.75) is 26.4 Å². The van der Waals surface area contributed by atoms with Crippen LogP contribution in [0.1, 0.15) is 20.3 Å². The number of aliphatic hydroxyl groups is 1. The van der Waals surface area contributed by atoms with Crippen LogP contribution in [0.25, 0.3) is 0 Å². The molecule has 1 unspecified atom stereocenters. The van der Waals surface area contributed by atoms with Crippen LogP contribution in [0.15, 0.2) is 0 Å². The molecule has 32 valence electrons. The fourth-order valence-electron chi connectivity index (χ4n) is 0. The van der Waals surface area contributed by atoms with E-state index >= 15 is 0 Å². The normalized spacial score (nSPS) is 12.5. The molecule has 0 radical (unpaired) electrons. The zero-order chi connectivity index (χ0) is 4.28. The summed E-state index contributed by atoms with van der Waals surface area (Å²) in [6.07, 6.45) is 0.745. The van der Waals surface area contributed by atoms with Gasteiger partial charge in [-0.1, -0.05) is 6.92 Å². The molecule has 0 aliphatic heterocycles. The van der Waals surface area contributed by atoms with E-state index < -0.39 is 0 Å². The van der Waals surface area contributed by atoms with Gasteiger partial charge in [0.05, 0.1) is 6.10 Å². The molecule has 2 heteroatoms. The molecule has 0 rings (SSSR count). The molecule has 0 aromatic rings. The Kier molecular flexibility index (Phi) is 8.88. The van der Waals surface area contributed by atoms with Crippen LogP contribution in [0.5, 0.6) is 0 Å². The van der Waals surface area contributed by atoms with Gasteiger partial charge in [0, 0.05) is 0 Å². The Hall–Kier alpha value is 0.492. The minimum Gasteiger partial charge on any atom is -0.393 e. The molecule has 0 aromatic heterocycles. The van der Waals surface area contributed by atoms with Crippen molar-refractivity contribution in [1.29, 1.82) is 0 Å². The predicted octanol–water partition coefficient (Wildman–Crippen LogP) is 0.396. The van der Waals surface area contributed by atoms with Crippen LogP contribution >= 0.6 is 0 Å². The van der Waals surface area contributed by atoms with Crippen molar-refractivity contribution in [1.82, 2.24) is 0 Å². The van der Waals surface area contributed by atoms with Crippen LogP contribution in [-0.4, -0.2) is 28.6 Å². The van der Waals surface area contributed by atoms with Crippen LogP contribution in [0.3, 0.4) is 0 Å². The number of hydrogen-bond donors (Lipinski definition) is 1. The zero-order valence-electron chi connectivity index (χ0n) is 4.31. The molecule has 0 spiro atoms. The first-order valence-electron chi connectivity index (χ1n) is 1.95. The van der Waals surface area contributed by atoms with Gasteiger partial charge < -0.3 is 5.11 Å². The Bertz CT molecular complexity index is 21.5. The van der Waals surface area contributed by atoms with Gasteiger partial charge in [-0.25, -0.2) is 0 Å². The van der Waals surface area contributed by atoms with E-state index in [1.54, 1.807) is 6.92 Å². The molecule has 1 atom stereocenters. The first-order chi connectivity index (χ1) is 2.27. The molecular formula is C4H10AlO+3. The second-order valence-corrected chi connectivity index (χ2v) is 1.26. The van der Waals surface area contributed by atoms with E-state index in [1.165, 1.54) is 0 Å². The summed E-state index contributed by atoms with van der Waals surface area (Å²) in [5.41, 5.74) is 0. The van der Waals surface area contributed by atoms with Crippen molar-refractivity contribution >= 4 is 17.4 Å². The summed E-state index contributed by atoms with van der Waals surface area (Å²) in [6, 6.07) is 0. The van der Waals surface area contributed by atoms with Gasteiger partial charge in [-0.3, -0.25) is 0 Å². The first kappa shape index (κ1) is 9.70. The van der Waals surface area contributed by atoms with E-state index in [0.29, 0.717) is 0 Å². The number of aliphatic hydroxyl groups excluding tert-OH is 1. The third-order valence-corrected chi connectivity index (χ3v) is 0.591. The molecule has 0 heterocycles. The Labute approximate surface area is 49.5 Å². The van der Waals surface area contributed by atoms with E-state index in [1.807, 2.05) is 6.92 Å². The van der Waals surface area contributed by atoms with Gasteiger partial charge in [-0.2, -0.15) is 0 Å². The summed E-state index contributed by atoms with van der Waals surface area (Å²) in [7, 11) is 0. The fraction of sp³-hybridized carbons (Fsp3) is 1.00.